The molecular weight excluding hydrogens is 332 g/mol. The van der Waals surface area contributed by atoms with Crippen molar-refractivity contribution >= 4 is 29.9 Å². The summed E-state index contributed by atoms with van der Waals surface area (Å²) in [6, 6.07) is 0.944. The third kappa shape index (κ3) is 10.3. The number of carboxylic acid groups (broad SMARTS) is 1. The molecule has 3 N–H and O–H groups in total. The van der Waals surface area contributed by atoms with Crippen LogP contribution < -0.4 is 0 Å². The second kappa shape index (κ2) is 14.4. The van der Waals surface area contributed by atoms with Crippen molar-refractivity contribution in [3.05, 3.63) is 11.2 Å². The van der Waals surface area contributed by atoms with Crippen LogP contribution >= 0.6 is 0 Å². The number of carbonyl (C=O) groups excluding carboxylic acids is 4. The minimum Gasteiger partial charge on any atom is -0.760 e. The first-order valence-electron chi connectivity index (χ1n) is 5.79. The Kier molecular flexibility index (Phi) is 15.3. The Bertz CT molecular complexity index is 573. The van der Waals surface area contributed by atoms with E-state index in [1.54, 1.807) is 6.92 Å². The molecular formula is C12H14N2O10. The maximum atomic E-state index is 10.7. The molecule has 0 fully saturated rings. The van der Waals surface area contributed by atoms with Gasteiger partial charge in [-0.3, -0.25) is 0 Å². The summed E-state index contributed by atoms with van der Waals surface area (Å²) in [5, 5.41) is 41.5. The van der Waals surface area contributed by atoms with Crippen LogP contribution in [0.3, 0.4) is 0 Å². The van der Waals surface area contributed by atoms with Crippen LogP contribution in [0.15, 0.2) is 5.76 Å². The van der Waals surface area contributed by atoms with Crippen molar-refractivity contribution in [3.8, 4) is 6.07 Å². The molecule has 132 valence electrons. The van der Waals surface area contributed by atoms with Gasteiger partial charge in [-0.05, 0) is 13.8 Å². The summed E-state index contributed by atoms with van der Waals surface area (Å²) in [5.41, 5.74) is -3.09. The number of carboxylic acids is 1. The van der Waals surface area contributed by atoms with Gasteiger partial charge < -0.3 is 30.2 Å². The van der Waals surface area contributed by atoms with Gasteiger partial charge in [0.05, 0.1) is 13.2 Å². The average Bonchev–Trinajstić information content (AvgIpc) is 2.54. The highest BCUT2D eigenvalue weighted by molar-refractivity contribution is 6.05. The Morgan fingerprint density at radius 1 is 1.17 bits per heavy atom. The molecule has 12 nitrogen and oxygen atoms in total. The van der Waals surface area contributed by atoms with E-state index in [0.717, 1.165) is 6.07 Å². The lowest BCUT2D eigenvalue weighted by Gasteiger charge is -2.11. The van der Waals surface area contributed by atoms with Crippen LogP contribution in [0.1, 0.15) is 15.3 Å². The Balaban J connectivity index is -0.000000151. The van der Waals surface area contributed by atoms with E-state index in [1.165, 1.54) is 12.8 Å². The fourth-order valence-corrected chi connectivity index (χ4v) is 0.661. The lowest BCUT2D eigenvalue weighted by atomic mass is 10.1. The summed E-state index contributed by atoms with van der Waals surface area (Å²) in [5.74, 6) is -4.04. The van der Waals surface area contributed by atoms with E-state index in [9.17, 15) is 14.4 Å². The number of nitrogens with zero attached hydrogens (tertiary/aromatic N) is 2. The van der Waals surface area contributed by atoms with Crippen molar-refractivity contribution in [1.82, 2.24) is 0 Å². The fourth-order valence-electron chi connectivity index (χ4n) is 0.661. The highest BCUT2D eigenvalue weighted by atomic mass is 16.6. The number of aliphatic hydroxyl groups is 2. The highest BCUT2D eigenvalue weighted by Gasteiger charge is 2.46. The van der Waals surface area contributed by atoms with Gasteiger partial charge in [0.25, 0.3) is 0 Å². The Morgan fingerprint density at radius 3 is 1.83 bits per heavy atom. The zero-order valence-electron chi connectivity index (χ0n) is 13.5. The van der Waals surface area contributed by atoms with Crippen molar-refractivity contribution in [2.24, 2.45) is 0 Å². The molecule has 1 atom stereocenters. The van der Waals surface area contributed by atoms with Crippen molar-refractivity contribution in [3.63, 3.8) is 0 Å². The number of aliphatic carboxylic acids is 1. The molecule has 0 aromatic heterocycles. The molecule has 0 amide bonds. The standard InChI is InChI=1S/C6H7NO5.C5H6NO3.CO2/c1-2-12-5(10)6(11,3-7)4(8)9;1-2-9-5(8)4(7)3-6;2-1-3/h11H,2H2,1H3,(H,8,9);7H,2H2,1H3;/q;-1;/p+1. The number of aliphatic hydroxyl groups excluding tert-OH is 1. The predicted molar refractivity (Wildman–Crippen MR) is 72.1 cm³/mol. The molecule has 0 aromatic rings. The molecule has 0 saturated carbocycles. The highest BCUT2D eigenvalue weighted by Crippen LogP contribution is 2.05. The molecule has 0 bridgehead atoms. The Labute approximate surface area is 136 Å². The number of nitriles is 1. The van der Waals surface area contributed by atoms with Gasteiger partial charge in [0.15, 0.2) is 0 Å². The number of hydrogen-bond acceptors (Lipinski definition) is 10. The molecule has 0 radical (unpaired) electrons. The number of hydrogen-bond donors (Lipinski definition) is 3. The summed E-state index contributed by atoms with van der Waals surface area (Å²) < 4.78 is 8.41. The van der Waals surface area contributed by atoms with Gasteiger partial charge >= 0.3 is 31.1 Å². The van der Waals surface area contributed by atoms with Crippen LogP contribution in [-0.2, 0) is 33.4 Å². The van der Waals surface area contributed by atoms with E-state index >= 15 is 0 Å². The van der Waals surface area contributed by atoms with E-state index < -0.39 is 29.3 Å². The van der Waals surface area contributed by atoms with Gasteiger partial charge in [0, 0.05) is 0 Å². The molecule has 0 spiro atoms. The van der Waals surface area contributed by atoms with Crippen LogP contribution in [0, 0.1) is 11.3 Å². The first-order valence-corrected chi connectivity index (χ1v) is 5.79. The molecule has 1 unspecified atom stereocenters. The molecule has 24 heavy (non-hydrogen) atoms. The SMILES string of the molecule is CCOC(=O)C(O)(C#N)C(=O)O.CCOC(=O)C(O)=C=[N-].O=C=O.[H+]. The van der Waals surface area contributed by atoms with E-state index in [4.69, 9.17) is 35.6 Å². The zero-order valence-corrected chi connectivity index (χ0v) is 12.5. The summed E-state index contributed by atoms with van der Waals surface area (Å²) in [6.07, 6.45) is 0.250. The molecule has 0 aliphatic heterocycles. The number of esters is 2. The van der Waals surface area contributed by atoms with Crippen LogP contribution in [0.2, 0.25) is 0 Å². The molecule has 0 heterocycles. The first kappa shape index (κ1) is 25.4. The minimum absolute atomic E-state index is 0. The number of rotatable bonds is 5. The molecule has 0 saturated heterocycles. The zero-order chi connectivity index (χ0) is 19.8. The summed E-state index contributed by atoms with van der Waals surface area (Å²) in [7, 11) is 0. The van der Waals surface area contributed by atoms with Crippen molar-refractivity contribution in [2.75, 3.05) is 13.2 Å². The van der Waals surface area contributed by atoms with E-state index in [1.807, 2.05) is 0 Å². The third-order valence-electron chi connectivity index (χ3n) is 1.62. The average molecular weight is 346 g/mol. The molecule has 0 aromatic carbocycles. The molecule has 0 rings (SSSR count). The third-order valence-corrected chi connectivity index (χ3v) is 1.62. The Hall–Kier alpha value is -3.51. The maximum Gasteiger partial charge on any atom is 1.00 e. The van der Waals surface area contributed by atoms with Gasteiger partial charge in [-0.2, -0.15) is 14.9 Å². The normalized spacial score (nSPS) is 10.2. The van der Waals surface area contributed by atoms with Gasteiger partial charge in [-0.25, -0.2) is 20.3 Å². The van der Waals surface area contributed by atoms with Crippen molar-refractivity contribution in [2.45, 2.75) is 19.4 Å². The van der Waals surface area contributed by atoms with Crippen molar-refractivity contribution in [1.29, 1.82) is 5.26 Å². The molecule has 0 aliphatic carbocycles. The van der Waals surface area contributed by atoms with E-state index in [0.29, 0.717) is 0 Å². The van der Waals surface area contributed by atoms with Crippen molar-refractivity contribution < 1.29 is 50.2 Å². The van der Waals surface area contributed by atoms with Crippen LogP contribution in [0.25, 0.3) is 5.41 Å². The number of carbonyl (C=O) groups is 3. The summed E-state index contributed by atoms with van der Waals surface area (Å²) in [4.78, 5) is 47.3. The van der Waals surface area contributed by atoms with E-state index in [-0.39, 0.29) is 20.8 Å². The summed E-state index contributed by atoms with van der Waals surface area (Å²) in [6.45, 7) is 3.07. The van der Waals surface area contributed by atoms with Gasteiger partial charge in [0.2, 0.25) is 5.76 Å². The number of ether oxygens (including phenoxy) is 2. The van der Waals surface area contributed by atoms with E-state index in [2.05, 4.69) is 9.47 Å². The minimum atomic E-state index is -3.09. The Morgan fingerprint density at radius 2 is 1.58 bits per heavy atom. The topological polar surface area (TPSA) is 211 Å². The smallest absolute Gasteiger partial charge is 0.760 e. The quantitative estimate of drug-likeness (QED) is 0.132. The lowest BCUT2D eigenvalue weighted by molar-refractivity contribution is -0.192. The largest absolute Gasteiger partial charge is 1.00 e. The lowest BCUT2D eigenvalue weighted by Crippen LogP contribution is -2.46. The molecule has 12 heteroatoms. The predicted octanol–water partition coefficient (Wildman–Crippen LogP) is -1.35. The van der Waals surface area contributed by atoms with Gasteiger partial charge in [0.1, 0.15) is 6.07 Å². The fraction of sp³-hybridized carbons (Fsp3) is 0.417. The van der Waals surface area contributed by atoms with Gasteiger partial charge in [-0.15, -0.1) is 0 Å². The monoisotopic (exact) mass is 346 g/mol. The van der Waals surface area contributed by atoms with Crippen LogP contribution in [-0.4, -0.2) is 64.1 Å². The maximum absolute atomic E-state index is 10.7. The van der Waals surface area contributed by atoms with Crippen LogP contribution in [0.4, 0.5) is 0 Å². The molecule has 0 aliphatic rings. The van der Waals surface area contributed by atoms with Gasteiger partial charge in [-0.1, -0.05) is 0 Å². The first-order chi connectivity index (χ1) is 11.1. The second-order valence-electron chi connectivity index (χ2n) is 3.11. The van der Waals surface area contributed by atoms with Crippen LogP contribution in [0.5, 0.6) is 0 Å². The second-order valence-corrected chi connectivity index (χ2v) is 3.11. The summed E-state index contributed by atoms with van der Waals surface area (Å²) >= 11 is 0.